The van der Waals surface area contributed by atoms with Crippen molar-refractivity contribution in [1.29, 1.82) is 0 Å². The molecule has 8 amide bonds. The molecule has 10 aromatic rings. The second-order valence-electron chi connectivity index (χ2n) is 41.3. The molecule has 4 aliphatic heterocycles. The molecule has 2 aromatic carbocycles. The summed E-state index contributed by atoms with van der Waals surface area (Å²) in [6.07, 6.45) is 33.7. The molecule has 0 saturated carbocycles. The van der Waals surface area contributed by atoms with Gasteiger partial charge in [0.2, 0.25) is 0 Å². The first-order valence-electron chi connectivity index (χ1n) is 53.1. The van der Waals surface area contributed by atoms with E-state index in [1.54, 1.807) is 28.5 Å². The Labute approximate surface area is 892 Å². The van der Waals surface area contributed by atoms with E-state index in [1.165, 1.54) is 116 Å². The standard InChI is InChI=1S/C54H72N2O6S4.C28H34Br2N2O4S2.C24H32O2S2.6CH3.2Sn/c1-11-19-23-33(15-5)29-55-51(57)40-32(10)64-49(41(40)52(55)58)50-43-42(53(59)56(54(43)60)30-34(16-6)24-20-12-2)48(66-50)39-28-38-45(62-36(18-8)26-22-14-4)46-37(27-31(9)63-46)44(47(38)65-39)61-35(17-7)25-21-13-3;1-5-9-11-15(7-3)13-31-25(33)17-19(27(31)35)23(29)37-21(17)22-18-20(24(30)38-22)28(36)32(26(18)34)14-16(8-4)12-10-6-2;1-5-9-11-17(7-3)25-21-19-13-15-28-24(19)22(20-14-16-27-23(20)21)26-18(8-4)12-10-6-2;;;;;;;;/h27-28,33-36H,11-26,29-30H2,1-10H3;15-16H,5-14H2,1-4H3;13-14,17-18H,5-12H2,1-4H3;6*1H3;;. The van der Waals surface area contributed by atoms with Crippen LogP contribution in [0.25, 0.3) is 69.6 Å². The molecule has 0 saturated heterocycles. The van der Waals surface area contributed by atoms with Crippen LogP contribution in [0.5, 0.6) is 23.0 Å². The number of halogens is 2. The molecule has 8 atom stereocenters. The van der Waals surface area contributed by atoms with Crippen LogP contribution in [0, 0.1) is 37.5 Å². The average Bonchev–Trinajstić information content (AvgIpc) is 1.56. The van der Waals surface area contributed by atoms with Crippen molar-refractivity contribution in [2.24, 2.45) is 23.7 Å². The van der Waals surface area contributed by atoms with E-state index in [-0.39, 0.29) is 95.3 Å². The number of hydrogen-bond donors (Lipinski definition) is 0. The van der Waals surface area contributed by atoms with Gasteiger partial charge in [0.05, 0.1) is 98.1 Å². The summed E-state index contributed by atoms with van der Waals surface area (Å²) in [7, 11) is 0. The van der Waals surface area contributed by atoms with Crippen molar-refractivity contribution >= 4 is 253 Å². The first-order valence-corrected chi connectivity index (χ1v) is 81.2. The van der Waals surface area contributed by atoms with E-state index >= 15 is 9.59 Å². The fourth-order valence-corrected chi connectivity index (χ4v) is 41.1. The second-order valence-corrected chi connectivity index (χ2v) is 83.5. The van der Waals surface area contributed by atoms with Crippen LogP contribution in [-0.4, -0.2) is 154 Å². The fourth-order valence-electron chi connectivity index (χ4n) is 19.7. The Bertz CT molecular complexity index is 5750. The van der Waals surface area contributed by atoms with Crippen molar-refractivity contribution in [2.75, 3.05) is 26.2 Å². The summed E-state index contributed by atoms with van der Waals surface area (Å²) in [6.45, 7) is 40.5. The van der Waals surface area contributed by atoms with Gasteiger partial charge in [-0.2, -0.15) is 0 Å². The zero-order valence-electron chi connectivity index (χ0n) is 88.1. The van der Waals surface area contributed by atoms with Gasteiger partial charge in [0.25, 0.3) is 47.3 Å². The molecule has 28 heteroatoms. The number of ether oxygens (including phenoxy) is 4. The Morgan fingerprint density at radius 1 is 0.279 bits per heavy atom. The molecule has 0 N–H and O–H groups in total. The van der Waals surface area contributed by atoms with Gasteiger partial charge in [-0.15, -0.1) is 68.0 Å². The van der Waals surface area contributed by atoms with Gasteiger partial charge in [-0.3, -0.25) is 58.0 Å². The van der Waals surface area contributed by atoms with Crippen LogP contribution in [0.2, 0.25) is 29.6 Å². The Hall–Kier alpha value is -4.60. The minimum atomic E-state index is -2.28. The van der Waals surface area contributed by atoms with Gasteiger partial charge in [0.15, 0.2) is 0 Å². The fraction of sp³-hybridized carbons (Fsp3) is 0.607. The third kappa shape index (κ3) is 24.7. The number of nitrogens with zero attached hydrogens (tertiary/aromatic N) is 4. The van der Waals surface area contributed by atoms with E-state index in [9.17, 15) is 28.8 Å². The van der Waals surface area contributed by atoms with Gasteiger partial charge in [0, 0.05) is 51.6 Å². The number of fused-ring (bicyclic) bond motifs is 8. The van der Waals surface area contributed by atoms with Crippen molar-refractivity contribution in [2.45, 2.75) is 384 Å². The number of benzene rings is 2. The van der Waals surface area contributed by atoms with Crippen molar-refractivity contribution in [3.05, 3.63) is 86.1 Å². The SMILES string of the molecule is CCCCC(CC)CN1C(=O)c2c(Br)sc(-c3sc(Br)c4c3C(=O)N(CC(CC)CCCC)C4=O)c2C1=O.CCCCC(CC)CN1C(=O)c2c(C)sc(-c3sc(-c4cc5c(OC(CC)CCCC)c6sc(C)cc6c(OC(CC)CCCC)c5s4)c4c3C(=O)N(CC(CC)CCCC)C4=O)c2C1=O.CCCCC(CC)Oc1c2c[c]([Sn]([CH3])([CH3])[CH3])sc2c(OC(CC)CCCC)c2c[c]([Sn]([CH3])([CH3])[CH3])sc12. The van der Waals surface area contributed by atoms with Gasteiger partial charge >= 0.3 is 239 Å². The predicted molar refractivity (Wildman–Crippen MR) is 611 cm³/mol. The molecule has 16 nitrogen and oxygen atoms in total. The van der Waals surface area contributed by atoms with Crippen LogP contribution in [0.1, 0.15) is 409 Å². The number of unbranched alkanes of at least 4 members (excludes halogenated alkanes) is 8. The number of carbonyl (C=O) groups excluding carboxylic acids is 8. The Balaban J connectivity index is 0.000000202. The van der Waals surface area contributed by atoms with Gasteiger partial charge in [0.1, 0.15) is 11.5 Å². The van der Waals surface area contributed by atoms with Gasteiger partial charge < -0.3 is 9.47 Å². The normalized spacial score (nSPS) is 15.6. The van der Waals surface area contributed by atoms with Crippen LogP contribution in [0.4, 0.5) is 0 Å². The van der Waals surface area contributed by atoms with Crippen molar-refractivity contribution in [1.82, 2.24) is 19.6 Å². The zero-order valence-corrected chi connectivity index (χ0v) is 104. The summed E-state index contributed by atoms with van der Waals surface area (Å²) in [5.41, 5.74) is 3.03. The molecular formula is C112H156Br2N4O12S8Sn2. The van der Waals surface area contributed by atoms with Crippen molar-refractivity contribution in [3.63, 3.8) is 0 Å². The van der Waals surface area contributed by atoms with Crippen molar-refractivity contribution in [3.8, 4) is 52.3 Å². The van der Waals surface area contributed by atoms with Crippen molar-refractivity contribution < 1.29 is 57.3 Å². The topological polar surface area (TPSA) is 186 Å². The molecule has 766 valence electrons. The molecule has 4 aliphatic rings. The van der Waals surface area contributed by atoms with Gasteiger partial charge in [-0.25, -0.2) is 0 Å². The van der Waals surface area contributed by atoms with E-state index in [4.69, 9.17) is 18.9 Å². The van der Waals surface area contributed by atoms with Crippen LogP contribution in [-0.2, 0) is 0 Å². The first kappa shape index (κ1) is 114. The molecule has 8 unspecified atom stereocenters. The summed E-state index contributed by atoms with van der Waals surface area (Å²) in [6, 6.07) is 9.43. The van der Waals surface area contributed by atoms with Crippen LogP contribution in [0.15, 0.2) is 31.8 Å². The molecule has 0 fully saturated rings. The summed E-state index contributed by atoms with van der Waals surface area (Å²) in [4.78, 5) is 140. The van der Waals surface area contributed by atoms with E-state index in [0.717, 1.165) is 238 Å². The van der Waals surface area contributed by atoms with E-state index in [1.807, 2.05) is 29.6 Å². The maximum atomic E-state index is 15.1. The minimum absolute atomic E-state index is 0.0367. The summed E-state index contributed by atoms with van der Waals surface area (Å²) < 4.78 is 37.4. The molecule has 12 heterocycles. The Morgan fingerprint density at radius 2 is 0.529 bits per heavy atom. The third-order valence-corrected chi connectivity index (χ3v) is 58.6. The number of rotatable bonds is 53. The molecule has 0 spiro atoms. The van der Waals surface area contributed by atoms with Crippen LogP contribution < -0.4 is 24.7 Å². The number of amides is 8. The third-order valence-electron chi connectivity index (χ3n) is 28.8. The molecule has 0 aliphatic carbocycles. The maximum absolute atomic E-state index is 15.1. The number of imide groups is 4. The zero-order chi connectivity index (χ0) is 102. The van der Waals surface area contributed by atoms with E-state index < -0.39 is 36.8 Å². The number of carbonyl (C=O) groups is 8. The average molecular weight is 2400 g/mol. The number of thiophene rings is 8. The monoisotopic (exact) mass is 2400 g/mol. The summed E-state index contributed by atoms with van der Waals surface area (Å²) in [5.74, 6) is 2.60. The van der Waals surface area contributed by atoms with E-state index in [2.05, 4.69) is 203 Å². The Morgan fingerprint density at radius 3 is 0.836 bits per heavy atom. The molecule has 14 rings (SSSR count). The summed E-state index contributed by atoms with van der Waals surface area (Å²) in [5, 5.41) is 4.66. The van der Waals surface area contributed by atoms with Gasteiger partial charge in [-0.1, -0.05) is 186 Å². The van der Waals surface area contributed by atoms with Crippen LogP contribution >= 0.6 is 123 Å². The molecule has 0 bridgehead atoms. The van der Waals surface area contributed by atoms with E-state index in [0.29, 0.717) is 97.8 Å². The molecule has 140 heavy (non-hydrogen) atoms. The molecular weight excluding hydrogens is 2250 g/mol. The number of hydrogen-bond acceptors (Lipinski definition) is 20. The molecule has 0 radical (unpaired) electrons. The second kappa shape index (κ2) is 51.5. The predicted octanol–water partition coefficient (Wildman–Crippen LogP) is 35.0. The van der Waals surface area contributed by atoms with Gasteiger partial charge in [-0.05, 0) is 133 Å². The molecule has 8 aromatic heterocycles. The first-order chi connectivity index (χ1) is 67.0. The quantitative estimate of drug-likeness (QED) is 0.0260. The Kier molecular flexibility index (Phi) is 42.0. The van der Waals surface area contributed by atoms with Crippen LogP contribution in [0.3, 0.4) is 0 Å². The number of aryl methyl sites for hydroxylation is 2. The summed E-state index contributed by atoms with van der Waals surface area (Å²) >= 11 is 15.3.